The van der Waals surface area contributed by atoms with E-state index in [9.17, 15) is 9.18 Å². The lowest BCUT2D eigenvalue weighted by atomic mass is 9.98. The van der Waals surface area contributed by atoms with Gasteiger partial charge in [0.15, 0.2) is 0 Å². The molecule has 0 aliphatic heterocycles. The van der Waals surface area contributed by atoms with E-state index in [1.54, 1.807) is 24.3 Å². The standard InChI is InChI=1S/C10H12FNO2/c11-5-7-1-3-8(4-2-7)9(6-12)10(13)14/h1-4,9H,5-6,12H2,(H,13,14). The van der Waals surface area contributed by atoms with Crippen molar-refractivity contribution in [2.24, 2.45) is 5.73 Å². The van der Waals surface area contributed by atoms with Crippen molar-refractivity contribution in [1.82, 2.24) is 0 Å². The second-order valence-corrected chi connectivity index (χ2v) is 3.00. The number of nitrogens with two attached hydrogens (primary N) is 1. The highest BCUT2D eigenvalue weighted by atomic mass is 19.1. The highest BCUT2D eigenvalue weighted by Gasteiger charge is 2.17. The molecule has 3 N–H and O–H groups in total. The van der Waals surface area contributed by atoms with Crippen molar-refractivity contribution in [3.63, 3.8) is 0 Å². The van der Waals surface area contributed by atoms with Crippen molar-refractivity contribution in [2.75, 3.05) is 6.54 Å². The molecular formula is C10H12FNO2. The summed E-state index contributed by atoms with van der Waals surface area (Å²) >= 11 is 0. The van der Waals surface area contributed by atoms with Crippen molar-refractivity contribution < 1.29 is 14.3 Å². The zero-order valence-corrected chi connectivity index (χ0v) is 7.61. The minimum atomic E-state index is -0.958. The molecule has 76 valence electrons. The first kappa shape index (κ1) is 10.7. The summed E-state index contributed by atoms with van der Waals surface area (Å²) in [5.74, 6) is -1.66. The van der Waals surface area contributed by atoms with Gasteiger partial charge in [0.05, 0.1) is 5.92 Å². The number of halogens is 1. The smallest absolute Gasteiger partial charge is 0.312 e. The van der Waals surface area contributed by atoms with E-state index in [0.29, 0.717) is 11.1 Å². The Morgan fingerprint density at radius 1 is 1.43 bits per heavy atom. The number of carbonyl (C=O) groups is 1. The van der Waals surface area contributed by atoms with Crippen LogP contribution in [0.2, 0.25) is 0 Å². The summed E-state index contributed by atoms with van der Waals surface area (Å²) in [4.78, 5) is 10.7. The van der Waals surface area contributed by atoms with Gasteiger partial charge in [-0.15, -0.1) is 0 Å². The molecule has 0 saturated carbocycles. The van der Waals surface area contributed by atoms with Crippen LogP contribution in [0, 0.1) is 0 Å². The molecule has 0 radical (unpaired) electrons. The van der Waals surface area contributed by atoms with Gasteiger partial charge in [-0.1, -0.05) is 24.3 Å². The Morgan fingerprint density at radius 2 is 2.00 bits per heavy atom. The zero-order valence-electron chi connectivity index (χ0n) is 7.61. The van der Waals surface area contributed by atoms with E-state index in [0.717, 1.165) is 0 Å². The maximum atomic E-state index is 12.2. The molecule has 14 heavy (non-hydrogen) atoms. The molecule has 1 aromatic carbocycles. The topological polar surface area (TPSA) is 63.3 Å². The van der Waals surface area contributed by atoms with Crippen molar-refractivity contribution in [3.05, 3.63) is 35.4 Å². The number of hydrogen-bond donors (Lipinski definition) is 2. The third-order valence-corrected chi connectivity index (χ3v) is 2.07. The maximum Gasteiger partial charge on any atom is 0.312 e. The van der Waals surface area contributed by atoms with E-state index in [2.05, 4.69) is 0 Å². The van der Waals surface area contributed by atoms with Gasteiger partial charge in [0, 0.05) is 6.54 Å². The Kier molecular flexibility index (Phi) is 3.59. The minimum Gasteiger partial charge on any atom is -0.481 e. The first-order chi connectivity index (χ1) is 6.69. The number of carboxylic acids is 1. The van der Waals surface area contributed by atoms with Crippen LogP contribution in [0.5, 0.6) is 0 Å². The lowest BCUT2D eigenvalue weighted by Crippen LogP contribution is -2.20. The fourth-order valence-electron chi connectivity index (χ4n) is 1.22. The zero-order chi connectivity index (χ0) is 10.6. The maximum absolute atomic E-state index is 12.2. The normalized spacial score (nSPS) is 12.4. The van der Waals surface area contributed by atoms with E-state index in [1.165, 1.54) is 0 Å². The highest BCUT2D eigenvalue weighted by Crippen LogP contribution is 2.16. The molecule has 0 bridgehead atoms. The SMILES string of the molecule is NCC(C(=O)O)c1ccc(CF)cc1. The molecule has 1 aromatic rings. The van der Waals surface area contributed by atoms with E-state index >= 15 is 0 Å². The Hall–Kier alpha value is -1.42. The van der Waals surface area contributed by atoms with Crippen LogP contribution < -0.4 is 5.73 Å². The summed E-state index contributed by atoms with van der Waals surface area (Å²) in [6, 6.07) is 6.34. The lowest BCUT2D eigenvalue weighted by molar-refractivity contribution is -0.138. The summed E-state index contributed by atoms with van der Waals surface area (Å²) in [6.45, 7) is -0.495. The molecule has 1 atom stereocenters. The average molecular weight is 197 g/mol. The highest BCUT2D eigenvalue weighted by molar-refractivity contribution is 5.76. The fraction of sp³-hybridized carbons (Fsp3) is 0.300. The van der Waals surface area contributed by atoms with Crippen molar-refractivity contribution >= 4 is 5.97 Å². The molecule has 0 aliphatic rings. The second-order valence-electron chi connectivity index (χ2n) is 3.00. The molecule has 4 heteroatoms. The van der Waals surface area contributed by atoms with E-state index in [4.69, 9.17) is 10.8 Å². The summed E-state index contributed by atoms with van der Waals surface area (Å²) in [5.41, 5.74) is 6.47. The van der Waals surface area contributed by atoms with Crippen molar-refractivity contribution in [3.8, 4) is 0 Å². The molecule has 0 spiro atoms. The number of rotatable bonds is 4. The number of aliphatic carboxylic acids is 1. The largest absolute Gasteiger partial charge is 0.481 e. The summed E-state index contributed by atoms with van der Waals surface area (Å²) in [5, 5.41) is 8.80. The van der Waals surface area contributed by atoms with Crippen molar-refractivity contribution in [2.45, 2.75) is 12.6 Å². The molecular weight excluding hydrogens is 185 g/mol. The van der Waals surface area contributed by atoms with E-state index < -0.39 is 18.6 Å². The number of carboxylic acid groups (broad SMARTS) is 1. The van der Waals surface area contributed by atoms with Gasteiger partial charge in [0.2, 0.25) is 0 Å². The first-order valence-electron chi connectivity index (χ1n) is 4.26. The Bertz CT molecular complexity index is 310. The summed E-state index contributed by atoms with van der Waals surface area (Å²) < 4.78 is 12.2. The van der Waals surface area contributed by atoms with Gasteiger partial charge in [-0.25, -0.2) is 4.39 Å². The van der Waals surface area contributed by atoms with Gasteiger partial charge in [0.25, 0.3) is 0 Å². The molecule has 1 unspecified atom stereocenters. The number of alkyl halides is 1. The molecule has 1 rings (SSSR count). The Balaban J connectivity index is 2.89. The van der Waals surface area contributed by atoms with Gasteiger partial charge >= 0.3 is 5.97 Å². The third-order valence-electron chi connectivity index (χ3n) is 2.07. The quantitative estimate of drug-likeness (QED) is 0.764. The van der Waals surface area contributed by atoms with Gasteiger partial charge in [-0.2, -0.15) is 0 Å². The van der Waals surface area contributed by atoms with Crippen LogP contribution in [0.1, 0.15) is 17.0 Å². The Labute approximate surface area is 81.4 Å². The van der Waals surface area contributed by atoms with Crippen LogP contribution in [0.3, 0.4) is 0 Å². The minimum absolute atomic E-state index is 0.0459. The van der Waals surface area contributed by atoms with Gasteiger partial charge < -0.3 is 10.8 Å². The van der Waals surface area contributed by atoms with Crippen LogP contribution in [0.15, 0.2) is 24.3 Å². The molecule has 0 aliphatic carbocycles. The Morgan fingerprint density at radius 3 is 2.36 bits per heavy atom. The van der Waals surface area contributed by atoms with Gasteiger partial charge in [0.1, 0.15) is 6.67 Å². The second kappa shape index (κ2) is 4.72. The molecule has 0 saturated heterocycles. The van der Waals surface area contributed by atoms with Crippen LogP contribution in [0.4, 0.5) is 4.39 Å². The summed E-state index contributed by atoms with van der Waals surface area (Å²) in [6.07, 6.45) is 0. The van der Waals surface area contributed by atoms with Crippen LogP contribution >= 0.6 is 0 Å². The predicted molar refractivity (Wildman–Crippen MR) is 50.7 cm³/mol. The third kappa shape index (κ3) is 2.29. The molecule has 0 amide bonds. The average Bonchev–Trinajstić information content (AvgIpc) is 2.19. The predicted octanol–water partition coefficient (Wildman–Crippen LogP) is 1.28. The van der Waals surface area contributed by atoms with Gasteiger partial charge in [-0.05, 0) is 11.1 Å². The fourth-order valence-corrected chi connectivity index (χ4v) is 1.22. The molecule has 0 aromatic heterocycles. The molecule has 3 nitrogen and oxygen atoms in total. The van der Waals surface area contributed by atoms with Crippen LogP contribution in [-0.4, -0.2) is 17.6 Å². The number of hydrogen-bond acceptors (Lipinski definition) is 2. The van der Waals surface area contributed by atoms with Crippen LogP contribution in [-0.2, 0) is 11.5 Å². The van der Waals surface area contributed by atoms with Crippen molar-refractivity contribution in [1.29, 1.82) is 0 Å². The monoisotopic (exact) mass is 197 g/mol. The number of benzene rings is 1. The lowest BCUT2D eigenvalue weighted by Gasteiger charge is -2.09. The molecule has 0 fully saturated rings. The van der Waals surface area contributed by atoms with E-state index in [1.807, 2.05) is 0 Å². The van der Waals surface area contributed by atoms with E-state index in [-0.39, 0.29) is 6.54 Å². The van der Waals surface area contributed by atoms with Crippen LogP contribution in [0.25, 0.3) is 0 Å². The van der Waals surface area contributed by atoms with Gasteiger partial charge in [-0.3, -0.25) is 4.79 Å². The summed E-state index contributed by atoms with van der Waals surface area (Å²) in [7, 11) is 0. The first-order valence-corrected chi connectivity index (χ1v) is 4.26. The molecule has 0 heterocycles.